The van der Waals surface area contributed by atoms with Gasteiger partial charge in [0.15, 0.2) is 0 Å². The zero-order chi connectivity index (χ0) is 18.8. The number of rotatable bonds is 4. The Hall–Kier alpha value is -2.08. The second-order valence-electron chi connectivity index (χ2n) is 5.58. The molecule has 0 saturated heterocycles. The van der Waals surface area contributed by atoms with Gasteiger partial charge in [0.1, 0.15) is 11.0 Å². The van der Waals surface area contributed by atoms with E-state index in [1.807, 2.05) is 18.2 Å². The van der Waals surface area contributed by atoms with Crippen molar-refractivity contribution in [3.05, 3.63) is 80.3 Å². The van der Waals surface area contributed by atoms with Gasteiger partial charge < -0.3 is 5.32 Å². The van der Waals surface area contributed by atoms with Crippen LogP contribution in [0.2, 0.25) is 15.2 Å². The van der Waals surface area contributed by atoms with E-state index in [1.54, 1.807) is 13.0 Å². The molecule has 0 aliphatic carbocycles. The molecule has 1 aromatic heterocycles. The number of aryl methyl sites for hydroxylation is 1. The van der Waals surface area contributed by atoms with Gasteiger partial charge in [-0.2, -0.15) is 5.10 Å². The van der Waals surface area contributed by atoms with E-state index < -0.39 is 11.7 Å². The van der Waals surface area contributed by atoms with E-state index >= 15 is 0 Å². The quantitative estimate of drug-likeness (QED) is 0.607. The maximum atomic E-state index is 13.2. The van der Waals surface area contributed by atoms with Crippen molar-refractivity contribution in [1.82, 2.24) is 9.78 Å². The number of amides is 1. The summed E-state index contributed by atoms with van der Waals surface area (Å²) in [4.78, 5) is 12.6. The number of carbonyl (C=O) groups is 1. The molecule has 1 N–H and O–H groups in total. The summed E-state index contributed by atoms with van der Waals surface area (Å²) in [5.74, 6) is -1.02. The van der Waals surface area contributed by atoms with Gasteiger partial charge in [0.05, 0.1) is 22.8 Å². The highest BCUT2D eigenvalue weighted by atomic mass is 35.5. The normalized spacial score (nSPS) is 10.8. The Balaban J connectivity index is 1.86. The number of benzene rings is 2. The van der Waals surface area contributed by atoms with Crippen molar-refractivity contribution in [2.75, 3.05) is 5.32 Å². The first kappa shape index (κ1) is 18.7. The molecule has 134 valence electrons. The molecule has 0 aliphatic rings. The maximum Gasteiger partial charge on any atom is 0.260 e. The molecule has 0 bridgehead atoms. The Morgan fingerprint density at radius 3 is 2.58 bits per heavy atom. The van der Waals surface area contributed by atoms with Crippen LogP contribution in [0.15, 0.2) is 42.5 Å². The smallest absolute Gasteiger partial charge is 0.260 e. The van der Waals surface area contributed by atoms with Crippen LogP contribution in [0.25, 0.3) is 0 Å². The van der Waals surface area contributed by atoms with Gasteiger partial charge in [0.25, 0.3) is 5.91 Å². The largest absolute Gasteiger partial charge is 0.322 e. The van der Waals surface area contributed by atoms with Gasteiger partial charge in [0, 0.05) is 10.7 Å². The molecule has 2 aromatic carbocycles. The predicted octanol–water partition coefficient (Wildman–Crippen LogP) is 5.59. The molecule has 0 aliphatic heterocycles. The molecule has 0 radical (unpaired) electrons. The Bertz CT molecular complexity index is 988. The maximum absolute atomic E-state index is 13.2. The highest BCUT2D eigenvalue weighted by Gasteiger charge is 2.21. The van der Waals surface area contributed by atoms with Crippen LogP contribution < -0.4 is 5.32 Å². The van der Waals surface area contributed by atoms with Crippen LogP contribution in [0, 0.1) is 12.7 Å². The minimum absolute atomic E-state index is 0.0833. The lowest BCUT2D eigenvalue weighted by Gasteiger charge is -2.07. The van der Waals surface area contributed by atoms with Gasteiger partial charge in [-0.25, -0.2) is 9.07 Å². The lowest BCUT2D eigenvalue weighted by Crippen LogP contribution is -2.13. The summed E-state index contributed by atoms with van der Waals surface area (Å²) in [6, 6.07) is 11.2. The number of carbonyl (C=O) groups excluding carboxylic acids is 1. The fourth-order valence-electron chi connectivity index (χ4n) is 2.47. The van der Waals surface area contributed by atoms with Crippen LogP contribution in [0.1, 0.15) is 21.6 Å². The Morgan fingerprint density at radius 2 is 1.88 bits per heavy atom. The van der Waals surface area contributed by atoms with Crippen molar-refractivity contribution >= 4 is 46.4 Å². The monoisotopic (exact) mass is 411 g/mol. The number of anilines is 1. The number of hydrogen-bond acceptors (Lipinski definition) is 2. The summed E-state index contributed by atoms with van der Waals surface area (Å²) in [5.41, 5.74) is 1.89. The zero-order valence-corrected chi connectivity index (χ0v) is 15.8. The molecule has 0 unspecified atom stereocenters. The van der Waals surface area contributed by atoms with Gasteiger partial charge in [-0.15, -0.1) is 0 Å². The van der Waals surface area contributed by atoms with E-state index in [2.05, 4.69) is 10.4 Å². The molecule has 1 heterocycles. The standard InChI is InChI=1S/C18H13Cl3FN3O/c1-10-16(18(26)23-12-6-7-15(22)14(20)8-12)17(21)25(24-10)9-11-4-2-3-5-13(11)19/h2-8H,9H2,1H3,(H,23,26). The molecular weight excluding hydrogens is 400 g/mol. The molecule has 8 heteroatoms. The van der Waals surface area contributed by atoms with Crippen molar-refractivity contribution in [3.8, 4) is 0 Å². The average molecular weight is 413 g/mol. The average Bonchev–Trinajstić information content (AvgIpc) is 2.87. The van der Waals surface area contributed by atoms with Crippen molar-refractivity contribution in [2.24, 2.45) is 0 Å². The van der Waals surface area contributed by atoms with Gasteiger partial charge in [-0.1, -0.05) is 53.0 Å². The molecule has 0 saturated carbocycles. The minimum atomic E-state index is -0.563. The molecule has 3 aromatic rings. The van der Waals surface area contributed by atoms with E-state index in [-0.39, 0.29) is 15.7 Å². The van der Waals surface area contributed by atoms with E-state index in [4.69, 9.17) is 34.8 Å². The lowest BCUT2D eigenvalue weighted by atomic mass is 10.2. The first-order chi connectivity index (χ1) is 12.4. The van der Waals surface area contributed by atoms with Gasteiger partial charge in [-0.3, -0.25) is 4.79 Å². The van der Waals surface area contributed by atoms with Crippen LogP contribution in [0.5, 0.6) is 0 Å². The third-order valence-corrected chi connectivity index (χ3v) is 4.79. The van der Waals surface area contributed by atoms with Crippen molar-refractivity contribution < 1.29 is 9.18 Å². The van der Waals surface area contributed by atoms with Crippen LogP contribution in [0.4, 0.5) is 10.1 Å². The van der Waals surface area contributed by atoms with Crippen LogP contribution in [-0.2, 0) is 6.54 Å². The van der Waals surface area contributed by atoms with Gasteiger partial charge >= 0.3 is 0 Å². The summed E-state index contributed by atoms with van der Waals surface area (Å²) in [6.45, 7) is 2.01. The van der Waals surface area contributed by atoms with Crippen molar-refractivity contribution in [3.63, 3.8) is 0 Å². The number of hydrogen-bond donors (Lipinski definition) is 1. The minimum Gasteiger partial charge on any atom is -0.322 e. The number of nitrogens with zero attached hydrogens (tertiary/aromatic N) is 2. The first-order valence-electron chi connectivity index (χ1n) is 7.59. The second-order valence-corrected chi connectivity index (χ2v) is 6.76. The summed E-state index contributed by atoms with van der Waals surface area (Å²) >= 11 is 18.3. The Labute approximate surface area is 164 Å². The van der Waals surface area contributed by atoms with Crippen LogP contribution in [-0.4, -0.2) is 15.7 Å². The molecule has 3 rings (SSSR count). The van der Waals surface area contributed by atoms with E-state index in [1.165, 1.54) is 22.9 Å². The van der Waals surface area contributed by atoms with Crippen LogP contribution >= 0.6 is 34.8 Å². The second kappa shape index (κ2) is 7.66. The highest BCUT2D eigenvalue weighted by molar-refractivity contribution is 6.34. The van der Waals surface area contributed by atoms with Crippen LogP contribution in [0.3, 0.4) is 0 Å². The summed E-state index contributed by atoms with van der Waals surface area (Å²) in [6.07, 6.45) is 0. The van der Waals surface area contributed by atoms with E-state index in [0.29, 0.717) is 22.9 Å². The summed E-state index contributed by atoms with van der Waals surface area (Å²) in [7, 11) is 0. The molecule has 0 atom stereocenters. The molecule has 1 amide bonds. The molecule has 0 spiro atoms. The zero-order valence-electron chi connectivity index (χ0n) is 13.6. The first-order valence-corrected chi connectivity index (χ1v) is 8.73. The van der Waals surface area contributed by atoms with Gasteiger partial charge in [-0.05, 0) is 36.8 Å². The summed E-state index contributed by atoms with van der Waals surface area (Å²) in [5, 5.41) is 7.65. The van der Waals surface area contributed by atoms with Gasteiger partial charge in [0.2, 0.25) is 0 Å². The Kier molecular flexibility index (Phi) is 5.51. The molecule has 4 nitrogen and oxygen atoms in total. The van der Waals surface area contributed by atoms with E-state index in [0.717, 1.165) is 5.56 Å². The topological polar surface area (TPSA) is 46.9 Å². The van der Waals surface area contributed by atoms with Crippen molar-refractivity contribution in [2.45, 2.75) is 13.5 Å². The third kappa shape index (κ3) is 3.85. The number of halogens is 4. The lowest BCUT2D eigenvalue weighted by molar-refractivity contribution is 0.102. The predicted molar refractivity (Wildman–Crippen MR) is 102 cm³/mol. The fraction of sp³-hybridized carbons (Fsp3) is 0.111. The Morgan fingerprint density at radius 1 is 1.15 bits per heavy atom. The van der Waals surface area contributed by atoms with E-state index in [9.17, 15) is 9.18 Å². The molecule has 26 heavy (non-hydrogen) atoms. The molecular formula is C18H13Cl3FN3O. The molecule has 0 fully saturated rings. The SMILES string of the molecule is Cc1nn(Cc2ccccc2Cl)c(Cl)c1C(=O)Nc1ccc(F)c(Cl)c1. The van der Waals surface area contributed by atoms with Crippen molar-refractivity contribution in [1.29, 1.82) is 0 Å². The highest BCUT2D eigenvalue weighted by Crippen LogP contribution is 2.25. The number of aromatic nitrogens is 2. The summed E-state index contributed by atoms with van der Waals surface area (Å²) < 4.78 is 14.7. The third-order valence-electron chi connectivity index (χ3n) is 3.75. The fourth-order valence-corrected chi connectivity index (χ4v) is 3.17. The number of nitrogens with one attached hydrogen (secondary N) is 1.